The minimum atomic E-state index is -3.35. The molecule has 1 heterocycles. The highest BCUT2D eigenvalue weighted by Gasteiger charge is 2.35. The summed E-state index contributed by atoms with van der Waals surface area (Å²) in [5.41, 5.74) is 0. The molecule has 0 amide bonds. The summed E-state index contributed by atoms with van der Waals surface area (Å²) in [6.45, 7) is 1.69. The predicted octanol–water partition coefficient (Wildman–Crippen LogP) is -1.29. The maximum atomic E-state index is 11.4. The Labute approximate surface area is 82.2 Å². The first-order valence-corrected chi connectivity index (χ1v) is 5.82. The van der Waals surface area contributed by atoms with E-state index in [1.807, 2.05) is 0 Å². The lowest BCUT2D eigenvalue weighted by atomic mass is 10.2. The molecule has 7 heteroatoms. The van der Waals surface area contributed by atoms with E-state index in [1.54, 1.807) is 6.92 Å². The Bertz CT molecular complexity index is 325. The van der Waals surface area contributed by atoms with Gasteiger partial charge in [-0.15, -0.1) is 0 Å². The van der Waals surface area contributed by atoms with Crippen LogP contribution in [0.1, 0.15) is 6.92 Å². The van der Waals surface area contributed by atoms with Gasteiger partial charge in [0.25, 0.3) is 0 Å². The van der Waals surface area contributed by atoms with Crippen LogP contribution >= 0.6 is 0 Å². The van der Waals surface area contributed by atoms with E-state index in [2.05, 4.69) is 0 Å². The lowest BCUT2D eigenvalue weighted by molar-refractivity contribution is -0.146. The van der Waals surface area contributed by atoms with Gasteiger partial charge in [0.15, 0.2) is 6.10 Å². The highest BCUT2D eigenvalue weighted by Crippen LogP contribution is 2.18. The smallest absolute Gasteiger partial charge is 0.333 e. The fourth-order valence-corrected chi connectivity index (χ4v) is 3.32. The topological polar surface area (TPSA) is 94.9 Å². The second-order valence-electron chi connectivity index (χ2n) is 3.55. The van der Waals surface area contributed by atoms with Gasteiger partial charge >= 0.3 is 5.97 Å². The monoisotopic (exact) mass is 223 g/mol. The average molecular weight is 223 g/mol. The number of aliphatic hydroxyl groups is 1. The van der Waals surface area contributed by atoms with Gasteiger partial charge in [-0.3, -0.25) is 0 Å². The number of rotatable bonds is 3. The Hall–Kier alpha value is -0.660. The summed E-state index contributed by atoms with van der Waals surface area (Å²) in [5.74, 6) is -1.39. The maximum Gasteiger partial charge on any atom is 0.333 e. The van der Waals surface area contributed by atoms with Gasteiger partial charge in [-0.25, -0.2) is 13.2 Å². The number of hydrogen-bond acceptors (Lipinski definition) is 4. The normalized spacial score (nSPS) is 28.9. The molecule has 0 bridgehead atoms. The van der Waals surface area contributed by atoms with E-state index in [-0.39, 0.29) is 24.8 Å². The molecule has 2 N–H and O–H groups in total. The summed E-state index contributed by atoms with van der Waals surface area (Å²) >= 11 is 0. The molecule has 0 spiro atoms. The molecule has 82 valence electrons. The van der Waals surface area contributed by atoms with E-state index < -0.39 is 22.1 Å². The zero-order valence-corrected chi connectivity index (χ0v) is 8.57. The van der Waals surface area contributed by atoms with Gasteiger partial charge in [0.2, 0.25) is 10.0 Å². The van der Waals surface area contributed by atoms with Crippen LogP contribution in [0.15, 0.2) is 0 Å². The third-order valence-corrected chi connectivity index (χ3v) is 4.14. The standard InChI is InChI=1S/C7H13NO5S/c1-5-2-8(14(12,13)4-5)3-6(9)7(10)11/h5-6,9H,2-4H2,1H3,(H,10,11). The zero-order valence-electron chi connectivity index (χ0n) is 7.75. The van der Waals surface area contributed by atoms with Gasteiger partial charge in [-0.2, -0.15) is 4.31 Å². The van der Waals surface area contributed by atoms with Gasteiger partial charge in [0.05, 0.1) is 12.3 Å². The molecule has 1 rings (SSSR count). The van der Waals surface area contributed by atoms with Crippen molar-refractivity contribution in [3.8, 4) is 0 Å². The van der Waals surface area contributed by atoms with Crippen LogP contribution in [0.2, 0.25) is 0 Å². The van der Waals surface area contributed by atoms with Crippen LogP contribution in [-0.2, 0) is 14.8 Å². The third kappa shape index (κ3) is 2.43. The molecule has 2 unspecified atom stereocenters. The molecular weight excluding hydrogens is 210 g/mol. The summed E-state index contributed by atoms with van der Waals surface area (Å²) in [4.78, 5) is 10.3. The number of sulfonamides is 1. The molecule has 1 fully saturated rings. The van der Waals surface area contributed by atoms with Crippen molar-refractivity contribution in [1.82, 2.24) is 4.31 Å². The summed E-state index contributed by atoms with van der Waals surface area (Å²) in [6.07, 6.45) is -1.64. The number of hydrogen-bond donors (Lipinski definition) is 2. The average Bonchev–Trinajstić information content (AvgIpc) is 2.24. The van der Waals surface area contributed by atoms with Gasteiger partial charge < -0.3 is 10.2 Å². The van der Waals surface area contributed by atoms with Crippen LogP contribution < -0.4 is 0 Å². The summed E-state index contributed by atoms with van der Waals surface area (Å²) in [5, 5.41) is 17.4. The molecule has 0 aromatic rings. The van der Waals surface area contributed by atoms with E-state index in [1.165, 1.54) is 0 Å². The van der Waals surface area contributed by atoms with Crippen LogP contribution in [0.5, 0.6) is 0 Å². The lowest BCUT2D eigenvalue weighted by Crippen LogP contribution is -2.37. The highest BCUT2D eigenvalue weighted by atomic mass is 32.2. The second kappa shape index (κ2) is 3.84. The molecule has 6 nitrogen and oxygen atoms in total. The predicted molar refractivity (Wildman–Crippen MR) is 48.2 cm³/mol. The van der Waals surface area contributed by atoms with Crippen molar-refractivity contribution in [2.75, 3.05) is 18.8 Å². The van der Waals surface area contributed by atoms with Crippen LogP contribution in [-0.4, -0.2) is 53.9 Å². The maximum absolute atomic E-state index is 11.4. The molecule has 0 radical (unpaired) electrons. The molecule has 1 saturated heterocycles. The Morgan fingerprint density at radius 3 is 2.57 bits per heavy atom. The fourth-order valence-electron chi connectivity index (χ4n) is 1.44. The SMILES string of the molecule is CC1CN(CC(O)C(=O)O)S(=O)(=O)C1. The minimum absolute atomic E-state index is 0.0130. The van der Waals surface area contributed by atoms with E-state index in [0.717, 1.165) is 4.31 Å². The van der Waals surface area contributed by atoms with Gasteiger partial charge in [0.1, 0.15) is 0 Å². The van der Waals surface area contributed by atoms with Crippen LogP contribution in [0.25, 0.3) is 0 Å². The molecule has 0 aromatic heterocycles. The van der Waals surface area contributed by atoms with Crippen molar-refractivity contribution in [3.05, 3.63) is 0 Å². The summed E-state index contributed by atoms with van der Waals surface area (Å²) in [7, 11) is -3.35. The number of aliphatic hydroxyl groups excluding tert-OH is 1. The quantitative estimate of drug-likeness (QED) is 0.621. The van der Waals surface area contributed by atoms with Crippen molar-refractivity contribution >= 4 is 16.0 Å². The molecule has 0 saturated carbocycles. The number of β-amino-alcohol motifs (C(OH)–C–C–N with tert-alkyl or cyclic N) is 1. The van der Waals surface area contributed by atoms with E-state index >= 15 is 0 Å². The Morgan fingerprint density at radius 1 is 1.64 bits per heavy atom. The second-order valence-corrected chi connectivity index (χ2v) is 5.57. The number of carboxylic acids is 1. The highest BCUT2D eigenvalue weighted by molar-refractivity contribution is 7.89. The van der Waals surface area contributed by atoms with Crippen molar-refractivity contribution in [2.24, 2.45) is 5.92 Å². The number of carboxylic acid groups (broad SMARTS) is 1. The van der Waals surface area contributed by atoms with Crippen LogP contribution in [0.4, 0.5) is 0 Å². The van der Waals surface area contributed by atoms with Crippen molar-refractivity contribution in [3.63, 3.8) is 0 Å². The summed E-state index contributed by atoms with van der Waals surface area (Å²) in [6, 6.07) is 0. The molecule has 0 aromatic carbocycles. The van der Waals surface area contributed by atoms with Gasteiger partial charge in [0, 0.05) is 6.54 Å². The Kier molecular flexibility index (Phi) is 3.13. The summed E-state index contributed by atoms with van der Waals surface area (Å²) < 4.78 is 23.7. The van der Waals surface area contributed by atoms with E-state index in [4.69, 9.17) is 10.2 Å². The number of aliphatic carboxylic acids is 1. The lowest BCUT2D eigenvalue weighted by Gasteiger charge is -2.15. The minimum Gasteiger partial charge on any atom is -0.479 e. The molecular formula is C7H13NO5S. The number of nitrogens with zero attached hydrogens (tertiary/aromatic N) is 1. The first-order valence-electron chi connectivity index (χ1n) is 4.21. The van der Waals surface area contributed by atoms with E-state index in [0.29, 0.717) is 0 Å². The van der Waals surface area contributed by atoms with Crippen molar-refractivity contribution < 1.29 is 23.4 Å². The van der Waals surface area contributed by atoms with Gasteiger partial charge in [-0.1, -0.05) is 6.92 Å². The molecule has 0 aliphatic carbocycles. The zero-order chi connectivity index (χ0) is 10.9. The van der Waals surface area contributed by atoms with E-state index in [9.17, 15) is 13.2 Å². The molecule has 1 aliphatic rings. The Morgan fingerprint density at radius 2 is 2.21 bits per heavy atom. The van der Waals surface area contributed by atoms with Crippen LogP contribution in [0.3, 0.4) is 0 Å². The fraction of sp³-hybridized carbons (Fsp3) is 0.857. The first kappa shape index (κ1) is 11.4. The van der Waals surface area contributed by atoms with Crippen molar-refractivity contribution in [2.45, 2.75) is 13.0 Å². The van der Waals surface area contributed by atoms with Crippen molar-refractivity contribution in [1.29, 1.82) is 0 Å². The molecule has 14 heavy (non-hydrogen) atoms. The molecule has 1 aliphatic heterocycles. The Balaban J connectivity index is 2.66. The third-order valence-electron chi connectivity index (χ3n) is 2.07. The van der Waals surface area contributed by atoms with Crippen LogP contribution in [0, 0.1) is 5.92 Å². The largest absolute Gasteiger partial charge is 0.479 e. The van der Waals surface area contributed by atoms with Gasteiger partial charge in [-0.05, 0) is 5.92 Å². The first-order chi connectivity index (χ1) is 6.33. The molecule has 2 atom stereocenters. The number of carbonyl (C=O) groups is 1.